The van der Waals surface area contributed by atoms with Crippen LogP contribution in [0.5, 0.6) is 5.75 Å². The summed E-state index contributed by atoms with van der Waals surface area (Å²) >= 11 is 0. The lowest BCUT2D eigenvalue weighted by molar-refractivity contribution is 0.339. The van der Waals surface area contributed by atoms with Crippen molar-refractivity contribution < 1.29 is 4.74 Å². The molecule has 0 bridgehead atoms. The Balaban J connectivity index is 2.21. The van der Waals surface area contributed by atoms with E-state index in [0.29, 0.717) is 6.61 Å². The maximum atomic E-state index is 5.55. The fourth-order valence-corrected chi connectivity index (χ4v) is 1.82. The van der Waals surface area contributed by atoms with Gasteiger partial charge in [0.05, 0.1) is 6.61 Å². The largest absolute Gasteiger partial charge is 0.490 e. The highest BCUT2D eigenvalue weighted by Crippen LogP contribution is 2.27. The predicted molar refractivity (Wildman–Crippen MR) is 56.9 cm³/mol. The van der Waals surface area contributed by atoms with Crippen LogP contribution in [0.1, 0.15) is 19.8 Å². The topological polar surface area (TPSA) is 25.4 Å². The molecule has 0 aliphatic carbocycles. The second kappa shape index (κ2) is 4.31. The zero-order valence-electron chi connectivity index (χ0n) is 8.57. The van der Waals surface area contributed by atoms with Gasteiger partial charge in [0.15, 0.2) is 11.6 Å². The first-order valence-corrected chi connectivity index (χ1v) is 5.24. The third-order valence-electron chi connectivity index (χ3n) is 2.46. The molecule has 0 aromatic carbocycles. The van der Waals surface area contributed by atoms with Gasteiger partial charge in [0.1, 0.15) is 0 Å². The predicted octanol–water partition coefficient (Wildman–Crippen LogP) is 2.08. The van der Waals surface area contributed by atoms with Crippen LogP contribution < -0.4 is 9.64 Å². The van der Waals surface area contributed by atoms with Gasteiger partial charge < -0.3 is 9.64 Å². The van der Waals surface area contributed by atoms with Crippen LogP contribution in [0.15, 0.2) is 18.3 Å². The van der Waals surface area contributed by atoms with E-state index in [-0.39, 0.29) is 0 Å². The van der Waals surface area contributed by atoms with Crippen molar-refractivity contribution >= 4 is 5.82 Å². The van der Waals surface area contributed by atoms with Crippen molar-refractivity contribution in [2.45, 2.75) is 19.8 Å². The summed E-state index contributed by atoms with van der Waals surface area (Å²) in [4.78, 5) is 6.68. The smallest absolute Gasteiger partial charge is 0.171 e. The third kappa shape index (κ3) is 1.81. The van der Waals surface area contributed by atoms with Gasteiger partial charge in [-0.1, -0.05) is 0 Å². The van der Waals surface area contributed by atoms with Crippen molar-refractivity contribution in [1.82, 2.24) is 4.98 Å². The average molecular weight is 192 g/mol. The lowest BCUT2D eigenvalue weighted by Crippen LogP contribution is -2.19. The number of hydrogen-bond acceptors (Lipinski definition) is 3. The Morgan fingerprint density at radius 1 is 1.43 bits per heavy atom. The van der Waals surface area contributed by atoms with E-state index in [1.54, 1.807) is 0 Å². The van der Waals surface area contributed by atoms with Crippen LogP contribution >= 0.6 is 0 Å². The van der Waals surface area contributed by atoms with E-state index >= 15 is 0 Å². The van der Waals surface area contributed by atoms with Crippen LogP contribution in [0.4, 0.5) is 5.82 Å². The minimum Gasteiger partial charge on any atom is -0.490 e. The Bertz CT molecular complexity index is 295. The summed E-state index contributed by atoms with van der Waals surface area (Å²) in [6.07, 6.45) is 4.36. The first kappa shape index (κ1) is 9.31. The number of ether oxygens (including phenoxy) is 1. The van der Waals surface area contributed by atoms with Gasteiger partial charge in [0.2, 0.25) is 0 Å². The summed E-state index contributed by atoms with van der Waals surface area (Å²) in [5, 5.41) is 0. The molecule has 1 saturated heterocycles. The summed E-state index contributed by atoms with van der Waals surface area (Å²) in [7, 11) is 0. The van der Waals surface area contributed by atoms with Gasteiger partial charge in [-0.05, 0) is 31.9 Å². The van der Waals surface area contributed by atoms with E-state index < -0.39 is 0 Å². The quantitative estimate of drug-likeness (QED) is 0.733. The molecule has 1 fully saturated rings. The van der Waals surface area contributed by atoms with E-state index in [0.717, 1.165) is 24.7 Å². The van der Waals surface area contributed by atoms with Crippen LogP contribution in [0.3, 0.4) is 0 Å². The monoisotopic (exact) mass is 192 g/mol. The molecule has 0 atom stereocenters. The first-order chi connectivity index (χ1) is 6.92. The summed E-state index contributed by atoms with van der Waals surface area (Å²) in [6.45, 7) is 4.92. The number of anilines is 1. The van der Waals surface area contributed by atoms with Gasteiger partial charge >= 0.3 is 0 Å². The van der Waals surface area contributed by atoms with Gasteiger partial charge in [0.25, 0.3) is 0 Å². The average Bonchev–Trinajstić information content (AvgIpc) is 2.72. The lowest BCUT2D eigenvalue weighted by atomic mass is 10.4. The minimum atomic E-state index is 0.701. The van der Waals surface area contributed by atoms with Crippen molar-refractivity contribution in [3.05, 3.63) is 18.3 Å². The molecule has 0 spiro atoms. The zero-order valence-corrected chi connectivity index (χ0v) is 8.57. The maximum Gasteiger partial charge on any atom is 0.171 e. The van der Waals surface area contributed by atoms with Gasteiger partial charge in [-0.15, -0.1) is 0 Å². The Morgan fingerprint density at radius 3 is 2.93 bits per heavy atom. The second-order valence-corrected chi connectivity index (χ2v) is 3.45. The van der Waals surface area contributed by atoms with E-state index in [1.807, 2.05) is 25.3 Å². The van der Waals surface area contributed by atoms with Crippen molar-refractivity contribution in [3.8, 4) is 5.75 Å². The molecule has 1 aromatic rings. The van der Waals surface area contributed by atoms with Crippen LogP contribution in [0, 0.1) is 0 Å². The standard InChI is InChI=1S/C11H16N2O/c1-2-14-10-6-5-7-12-11(10)13-8-3-4-9-13/h5-7H,2-4,8-9H2,1H3. The lowest BCUT2D eigenvalue weighted by Gasteiger charge is -2.19. The van der Waals surface area contributed by atoms with Gasteiger partial charge in [-0.25, -0.2) is 4.98 Å². The van der Waals surface area contributed by atoms with Gasteiger partial charge in [-0.2, -0.15) is 0 Å². The highest BCUT2D eigenvalue weighted by atomic mass is 16.5. The summed E-state index contributed by atoms with van der Waals surface area (Å²) in [5.74, 6) is 1.92. The molecule has 1 aliphatic heterocycles. The van der Waals surface area contributed by atoms with Gasteiger partial charge in [0, 0.05) is 19.3 Å². The van der Waals surface area contributed by atoms with E-state index in [1.165, 1.54) is 12.8 Å². The molecule has 1 aromatic heterocycles. The van der Waals surface area contributed by atoms with Crippen molar-refractivity contribution in [1.29, 1.82) is 0 Å². The summed E-state index contributed by atoms with van der Waals surface area (Å²) in [5.41, 5.74) is 0. The molecule has 0 N–H and O–H groups in total. The fraction of sp³-hybridized carbons (Fsp3) is 0.545. The Hall–Kier alpha value is -1.25. The van der Waals surface area contributed by atoms with Crippen LogP contribution in [0.2, 0.25) is 0 Å². The van der Waals surface area contributed by atoms with E-state index in [2.05, 4.69) is 9.88 Å². The SMILES string of the molecule is CCOc1cccnc1N1CCCC1. The van der Waals surface area contributed by atoms with Crippen molar-refractivity contribution in [2.24, 2.45) is 0 Å². The molecule has 1 aliphatic rings. The summed E-state index contributed by atoms with van der Waals surface area (Å²) in [6, 6.07) is 3.91. The summed E-state index contributed by atoms with van der Waals surface area (Å²) < 4.78 is 5.55. The number of rotatable bonds is 3. The molecule has 0 saturated carbocycles. The Labute approximate surface area is 84.7 Å². The van der Waals surface area contributed by atoms with Gasteiger partial charge in [-0.3, -0.25) is 0 Å². The molecular weight excluding hydrogens is 176 g/mol. The number of hydrogen-bond donors (Lipinski definition) is 0. The van der Waals surface area contributed by atoms with Crippen molar-refractivity contribution in [2.75, 3.05) is 24.6 Å². The Kier molecular flexibility index (Phi) is 2.87. The van der Waals surface area contributed by atoms with E-state index in [9.17, 15) is 0 Å². The molecule has 2 rings (SSSR count). The van der Waals surface area contributed by atoms with Crippen LogP contribution in [-0.4, -0.2) is 24.7 Å². The normalized spacial score (nSPS) is 15.9. The molecule has 3 nitrogen and oxygen atoms in total. The highest BCUT2D eigenvalue weighted by Gasteiger charge is 2.16. The molecule has 2 heterocycles. The fourth-order valence-electron chi connectivity index (χ4n) is 1.82. The van der Waals surface area contributed by atoms with Crippen LogP contribution in [-0.2, 0) is 0 Å². The molecule has 0 radical (unpaired) electrons. The van der Waals surface area contributed by atoms with E-state index in [4.69, 9.17) is 4.74 Å². The van der Waals surface area contributed by atoms with Crippen molar-refractivity contribution in [3.63, 3.8) is 0 Å². The third-order valence-corrected chi connectivity index (χ3v) is 2.46. The Morgan fingerprint density at radius 2 is 2.21 bits per heavy atom. The number of aromatic nitrogens is 1. The molecule has 14 heavy (non-hydrogen) atoms. The molecule has 0 unspecified atom stereocenters. The van der Waals surface area contributed by atoms with Crippen LogP contribution in [0.25, 0.3) is 0 Å². The minimum absolute atomic E-state index is 0.701. The molecular formula is C11H16N2O. The maximum absolute atomic E-state index is 5.55. The number of nitrogens with zero attached hydrogens (tertiary/aromatic N) is 2. The zero-order chi connectivity index (χ0) is 9.80. The number of pyridine rings is 1. The highest BCUT2D eigenvalue weighted by molar-refractivity contribution is 5.52. The molecule has 76 valence electrons. The molecule has 0 amide bonds. The molecule has 3 heteroatoms. The second-order valence-electron chi connectivity index (χ2n) is 3.45. The first-order valence-electron chi connectivity index (χ1n) is 5.24.